The van der Waals surface area contributed by atoms with Gasteiger partial charge in [0.1, 0.15) is 6.04 Å². The van der Waals surface area contributed by atoms with E-state index in [-0.39, 0.29) is 24.2 Å². The average Bonchev–Trinajstić information content (AvgIpc) is 2.88. The molecule has 2 fully saturated rings. The molecule has 1 heterocycles. The highest BCUT2D eigenvalue weighted by molar-refractivity contribution is 9.10. The second kappa shape index (κ2) is 8.35. The molecule has 0 bridgehead atoms. The number of rotatable bonds is 5. The molecule has 5 nitrogen and oxygen atoms in total. The first-order valence-electron chi connectivity index (χ1n) is 9.90. The van der Waals surface area contributed by atoms with Gasteiger partial charge in [-0.1, -0.05) is 47.0 Å². The highest BCUT2D eigenvalue weighted by Crippen LogP contribution is 2.63. The van der Waals surface area contributed by atoms with Gasteiger partial charge < -0.3 is 0 Å². The second-order valence-corrected chi connectivity index (χ2v) is 11.2. The lowest BCUT2D eigenvalue weighted by Crippen LogP contribution is -2.43. The van der Waals surface area contributed by atoms with Crippen LogP contribution in [0.15, 0.2) is 28.7 Å². The zero-order valence-electron chi connectivity index (χ0n) is 16.6. The third-order valence-corrected chi connectivity index (χ3v) is 9.79. The predicted octanol–water partition coefficient (Wildman–Crippen LogP) is 5.46. The van der Waals surface area contributed by atoms with Gasteiger partial charge in [0.05, 0.1) is 6.07 Å². The molecule has 1 aliphatic heterocycles. The van der Waals surface area contributed by atoms with Crippen molar-refractivity contribution in [3.05, 3.63) is 34.3 Å². The Morgan fingerprint density at radius 2 is 1.63 bits per heavy atom. The van der Waals surface area contributed by atoms with Crippen LogP contribution in [0.5, 0.6) is 0 Å². The summed E-state index contributed by atoms with van der Waals surface area (Å²) in [6, 6.07) is 10.3. The van der Waals surface area contributed by atoms with Gasteiger partial charge in [-0.15, -0.1) is 0 Å². The number of hydrogen-bond donors (Lipinski definition) is 1. The molecule has 1 aromatic rings. The van der Waals surface area contributed by atoms with Crippen molar-refractivity contribution in [1.82, 2.24) is 14.4 Å². The number of hydrogen-bond acceptors (Lipinski definition) is 2. The first-order valence-corrected chi connectivity index (χ1v) is 12.3. The summed E-state index contributed by atoms with van der Waals surface area (Å²) in [7, 11) is -3.09. The summed E-state index contributed by atoms with van der Waals surface area (Å²) in [5, 5.41) is 13.2. The molecule has 3 atom stereocenters. The normalized spacial score (nSPS) is 26.9. The number of nitrogens with zero attached hydrogens (tertiary/aromatic N) is 3. The van der Waals surface area contributed by atoms with Crippen molar-refractivity contribution >= 4 is 23.5 Å². The maximum atomic E-state index is 14.6. The van der Waals surface area contributed by atoms with Crippen molar-refractivity contribution in [2.45, 2.75) is 83.6 Å². The Hall–Kier alpha value is -0.700. The Morgan fingerprint density at radius 1 is 1.11 bits per heavy atom. The van der Waals surface area contributed by atoms with Crippen molar-refractivity contribution in [2.75, 3.05) is 0 Å². The largest absolute Gasteiger partial charge is 0.286 e. The summed E-state index contributed by atoms with van der Waals surface area (Å²) in [6.45, 7) is 8.46. The third-order valence-electron chi connectivity index (χ3n) is 5.70. The number of halogens is 1. The van der Waals surface area contributed by atoms with Crippen LogP contribution in [0.3, 0.4) is 0 Å². The van der Waals surface area contributed by atoms with E-state index in [1.54, 1.807) is 0 Å². The van der Waals surface area contributed by atoms with Crippen LogP contribution >= 0.6 is 23.5 Å². The molecule has 0 aromatic heterocycles. The fourth-order valence-corrected chi connectivity index (χ4v) is 8.95. The van der Waals surface area contributed by atoms with Crippen LogP contribution in [0.4, 0.5) is 0 Å². The van der Waals surface area contributed by atoms with Gasteiger partial charge in [0.2, 0.25) is 0 Å². The summed E-state index contributed by atoms with van der Waals surface area (Å²) in [4.78, 5) is 0. The SMILES string of the molecule is CC(C)N1[C@@H]2CCCC[C@H]2N(C(C)C)P1(=O)N[C@H](C#N)c1ccccc1Br. The van der Waals surface area contributed by atoms with E-state index < -0.39 is 13.6 Å². The van der Waals surface area contributed by atoms with E-state index in [0.717, 1.165) is 22.9 Å². The van der Waals surface area contributed by atoms with E-state index in [4.69, 9.17) is 0 Å². The molecule has 3 rings (SSSR count). The monoisotopic (exact) mass is 452 g/mol. The molecule has 0 radical (unpaired) electrons. The summed E-state index contributed by atoms with van der Waals surface area (Å²) >= 11 is 3.55. The lowest BCUT2D eigenvalue weighted by molar-refractivity contribution is 0.173. The molecule has 1 saturated heterocycles. The van der Waals surface area contributed by atoms with Gasteiger partial charge >= 0.3 is 0 Å². The van der Waals surface area contributed by atoms with Gasteiger partial charge in [-0.05, 0) is 52.2 Å². The van der Waals surface area contributed by atoms with Crippen LogP contribution in [-0.4, -0.2) is 33.5 Å². The van der Waals surface area contributed by atoms with E-state index in [1.165, 1.54) is 12.8 Å². The molecule has 1 saturated carbocycles. The van der Waals surface area contributed by atoms with Crippen molar-refractivity contribution in [3.8, 4) is 6.07 Å². The summed E-state index contributed by atoms with van der Waals surface area (Å²) in [5.74, 6) is 0. The fourth-order valence-electron chi connectivity index (χ4n) is 4.80. The maximum absolute atomic E-state index is 14.6. The zero-order chi connectivity index (χ0) is 19.8. The van der Waals surface area contributed by atoms with Crippen LogP contribution in [0, 0.1) is 11.3 Å². The van der Waals surface area contributed by atoms with Crippen molar-refractivity contribution < 1.29 is 4.57 Å². The number of benzene rings is 1. The lowest BCUT2D eigenvalue weighted by Gasteiger charge is -2.37. The van der Waals surface area contributed by atoms with Crippen LogP contribution < -0.4 is 5.09 Å². The fraction of sp³-hybridized carbons (Fsp3) is 0.650. The smallest absolute Gasteiger partial charge is 0.270 e. The minimum absolute atomic E-state index is 0.149. The van der Waals surface area contributed by atoms with E-state index in [9.17, 15) is 9.83 Å². The van der Waals surface area contributed by atoms with Gasteiger partial charge in [-0.25, -0.2) is 14.4 Å². The summed E-state index contributed by atoms with van der Waals surface area (Å²) in [6.07, 6.45) is 4.51. The van der Waals surface area contributed by atoms with Crippen molar-refractivity contribution in [3.63, 3.8) is 0 Å². The molecule has 0 amide bonds. The molecule has 0 spiro atoms. The molecule has 148 valence electrons. The molecule has 1 N–H and O–H groups in total. The van der Waals surface area contributed by atoms with E-state index in [0.29, 0.717) is 0 Å². The summed E-state index contributed by atoms with van der Waals surface area (Å²) < 4.78 is 19.8. The number of fused-ring (bicyclic) bond motifs is 1. The Balaban J connectivity index is 2.04. The van der Waals surface area contributed by atoms with Gasteiger partial charge in [0, 0.05) is 28.6 Å². The standard InChI is InChI=1S/C20H30BrN4OP/c1-14(2)24-19-11-7-8-12-20(19)25(15(3)4)27(24,26)23-18(13-22)16-9-5-6-10-17(16)21/h5-6,9-10,14-15,18-20H,7-8,11-12H2,1-4H3,(H,23,26)/t18-,19-,20-/m1/s1. The van der Waals surface area contributed by atoms with Crippen LogP contribution in [0.25, 0.3) is 0 Å². The molecule has 2 aliphatic rings. The molecular weight excluding hydrogens is 423 g/mol. The van der Waals surface area contributed by atoms with E-state index >= 15 is 0 Å². The Kier molecular flexibility index (Phi) is 6.50. The Morgan fingerprint density at radius 3 is 2.07 bits per heavy atom. The Bertz CT molecular complexity index is 735. The van der Waals surface area contributed by atoms with Gasteiger partial charge in [-0.2, -0.15) is 5.26 Å². The van der Waals surface area contributed by atoms with Crippen LogP contribution in [0.1, 0.15) is 65.0 Å². The summed E-state index contributed by atoms with van der Waals surface area (Å²) in [5.41, 5.74) is 0.831. The highest BCUT2D eigenvalue weighted by atomic mass is 79.9. The van der Waals surface area contributed by atoms with Gasteiger partial charge in [-0.3, -0.25) is 4.57 Å². The number of nitriles is 1. The molecule has 1 aromatic carbocycles. The zero-order valence-corrected chi connectivity index (χ0v) is 19.1. The van der Waals surface area contributed by atoms with Crippen molar-refractivity contribution in [1.29, 1.82) is 5.26 Å². The van der Waals surface area contributed by atoms with E-state index in [2.05, 4.69) is 64.1 Å². The quantitative estimate of drug-likeness (QED) is 0.601. The number of nitrogens with one attached hydrogen (secondary N) is 1. The Labute approximate surface area is 171 Å². The average molecular weight is 453 g/mol. The predicted molar refractivity (Wildman–Crippen MR) is 113 cm³/mol. The molecule has 27 heavy (non-hydrogen) atoms. The van der Waals surface area contributed by atoms with Crippen molar-refractivity contribution in [2.24, 2.45) is 0 Å². The highest BCUT2D eigenvalue weighted by Gasteiger charge is 2.57. The molecular formula is C20H30BrN4OP. The minimum Gasteiger partial charge on any atom is -0.270 e. The first kappa shape index (κ1) is 21.0. The molecule has 1 aliphatic carbocycles. The third kappa shape index (κ3) is 3.78. The van der Waals surface area contributed by atoms with Crippen LogP contribution in [-0.2, 0) is 4.57 Å². The first-order chi connectivity index (χ1) is 12.8. The van der Waals surface area contributed by atoms with Crippen LogP contribution in [0.2, 0.25) is 0 Å². The maximum Gasteiger partial charge on any atom is 0.286 e. The molecule has 0 unspecified atom stereocenters. The van der Waals surface area contributed by atoms with Gasteiger partial charge in [0.15, 0.2) is 0 Å². The lowest BCUT2D eigenvalue weighted by atomic mass is 9.89. The van der Waals surface area contributed by atoms with E-state index in [1.807, 2.05) is 24.3 Å². The topological polar surface area (TPSA) is 59.4 Å². The molecule has 7 heteroatoms. The van der Waals surface area contributed by atoms with Gasteiger partial charge in [0.25, 0.3) is 7.59 Å². The minimum atomic E-state index is -3.09. The second-order valence-electron chi connectivity index (χ2n) is 8.12.